The quantitative estimate of drug-likeness (QED) is 0.150. The molecule has 1 aliphatic heterocycles. The number of Topliss-reactive ketones (excluding diaryl/α,β-unsaturated/α-hetero) is 1. The molecule has 1 aliphatic rings. The lowest BCUT2D eigenvalue weighted by Crippen LogP contribution is -2.53. The topological polar surface area (TPSA) is 178 Å². The summed E-state index contributed by atoms with van der Waals surface area (Å²) >= 11 is 0. The normalized spacial score (nSPS) is 15.1. The number of carbonyl (C=O) groups is 6. The number of benzene rings is 1. The predicted molar refractivity (Wildman–Crippen MR) is 174 cm³/mol. The summed E-state index contributed by atoms with van der Waals surface area (Å²) in [4.78, 5) is 80.8. The maximum Gasteiger partial charge on any atom is 0.330 e. The number of rotatable bonds is 16. The van der Waals surface area contributed by atoms with Crippen LogP contribution in [0.1, 0.15) is 75.2 Å². The van der Waals surface area contributed by atoms with E-state index >= 15 is 0 Å². The summed E-state index contributed by atoms with van der Waals surface area (Å²) in [7, 11) is 1.58. The number of piperidine rings is 1. The number of carboxylic acid groups (broad SMARTS) is 1. The van der Waals surface area contributed by atoms with E-state index in [4.69, 9.17) is 19.3 Å². The molecule has 0 radical (unpaired) electrons. The monoisotopic (exact) mass is 665 g/mol. The number of hydrogen-bond donors (Lipinski definition) is 2. The molecule has 13 nitrogen and oxygen atoms in total. The van der Waals surface area contributed by atoms with Gasteiger partial charge in [0, 0.05) is 30.8 Å². The number of hydrogen-bond acceptors (Lipinski definition) is 10. The predicted octanol–water partition coefficient (Wildman–Crippen LogP) is 4.12. The molecule has 1 fully saturated rings. The molecule has 1 saturated heterocycles. The Hall–Kier alpha value is -5.07. The standard InChI is InChI=1S/C35H43N3O10/c1-6-31(42)47-21-35(3,4)32(43)33(44)38-16-8-7-9-26(38)34(45)48-27(13-12-23-11-10-22(2)28(17-23)46-5)24-18-25(20-36-19-24)37-29(39)14-15-30(40)41/h6,10-11,17-20,26-27H,1,7-9,12-16,21H2,2-5H3,(H,37,39)(H,40,41)/t26-,27+/m0/s1. The Labute approximate surface area is 279 Å². The maximum absolute atomic E-state index is 13.8. The third-order valence-corrected chi connectivity index (χ3v) is 7.99. The first kappa shape index (κ1) is 37.4. The van der Waals surface area contributed by atoms with Gasteiger partial charge in [-0.3, -0.25) is 24.2 Å². The highest BCUT2D eigenvalue weighted by Gasteiger charge is 2.42. The van der Waals surface area contributed by atoms with Crippen LogP contribution in [-0.2, 0) is 44.7 Å². The van der Waals surface area contributed by atoms with E-state index in [1.54, 1.807) is 13.2 Å². The largest absolute Gasteiger partial charge is 0.496 e. The first-order valence-corrected chi connectivity index (χ1v) is 15.7. The van der Waals surface area contributed by atoms with Crippen molar-refractivity contribution < 1.29 is 48.1 Å². The Morgan fingerprint density at radius 3 is 2.56 bits per heavy atom. The number of ketones is 1. The second-order valence-electron chi connectivity index (χ2n) is 12.3. The van der Waals surface area contributed by atoms with Crippen LogP contribution in [0.5, 0.6) is 5.75 Å². The Balaban J connectivity index is 1.85. The van der Waals surface area contributed by atoms with E-state index in [9.17, 15) is 28.8 Å². The van der Waals surface area contributed by atoms with Gasteiger partial charge in [0.2, 0.25) is 11.7 Å². The summed E-state index contributed by atoms with van der Waals surface area (Å²) in [5.41, 5.74) is 1.29. The van der Waals surface area contributed by atoms with Crippen LogP contribution in [0.3, 0.4) is 0 Å². The van der Waals surface area contributed by atoms with Gasteiger partial charge in [-0.2, -0.15) is 0 Å². The second kappa shape index (κ2) is 17.2. The third-order valence-electron chi connectivity index (χ3n) is 7.99. The molecular formula is C35H43N3O10. The molecule has 0 spiro atoms. The van der Waals surface area contributed by atoms with E-state index in [1.165, 1.54) is 31.1 Å². The van der Waals surface area contributed by atoms with Crippen molar-refractivity contribution in [1.82, 2.24) is 9.88 Å². The van der Waals surface area contributed by atoms with Crippen LogP contribution in [-0.4, -0.2) is 76.8 Å². The summed E-state index contributed by atoms with van der Waals surface area (Å²) in [6.07, 6.45) is 4.69. The Bertz CT molecular complexity index is 1540. The minimum absolute atomic E-state index is 0.167. The number of methoxy groups -OCH3 is 1. The van der Waals surface area contributed by atoms with Crippen molar-refractivity contribution in [3.8, 4) is 5.75 Å². The molecule has 0 bridgehead atoms. The number of amides is 2. The fourth-order valence-electron chi connectivity index (χ4n) is 5.19. The summed E-state index contributed by atoms with van der Waals surface area (Å²) < 4.78 is 16.5. The molecule has 2 aromatic rings. The van der Waals surface area contributed by atoms with Crippen LogP contribution in [0.25, 0.3) is 0 Å². The highest BCUT2D eigenvalue weighted by Crippen LogP contribution is 2.30. The van der Waals surface area contributed by atoms with E-state index in [0.29, 0.717) is 42.7 Å². The smallest absolute Gasteiger partial charge is 0.330 e. The van der Waals surface area contributed by atoms with Crippen LogP contribution in [0.2, 0.25) is 0 Å². The molecule has 258 valence electrons. The lowest BCUT2D eigenvalue weighted by atomic mass is 9.87. The molecule has 0 saturated carbocycles. The number of pyridine rings is 1. The van der Waals surface area contributed by atoms with Gasteiger partial charge in [-0.05, 0) is 76.1 Å². The molecule has 0 unspecified atom stereocenters. The molecule has 0 aliphatic carbocycles. The van der Waals surface area contributed by atoms with Gasteiger partial charge in [0.15, 0.2) is 0 Å². The van der Waals surface area contributed by atoms with Crippen molar-refractivity contribution in [3.63, 3.8) is 0 Å². The van der Waals surface area contributed by atoms with E-state index in [2.05, 4.69) is 16.9 Å². The highest BCUT2D eigenvalue weighted by atomic mass is 16.5. The molecule has 1 aromatic carbocycles. The second-order valence-corrected chi connectivity index (χ2v) is 12.3. The van der Waals surface area contributed by atoms with Gasteiger partial charge in [-0.25, -0.2) is 9.59 Å². The number of nitrogens with zero attached hydrogens (tertiary/aromatic N) is 2. The van der Waals surface area contributed by atoms with E-state index in [-0.39, 0.29) is 32.4 Å². The van der Waals surface area contributed by atoms with E-state index in [1.807, 2.05) is 25.1 Å². The molecule has 2 N–H and O–H groups in total. The molecule has 2 atom stereocenters. The summed E-state index contributed by atoms with van der Waals surface area (Å²) in [6.45, 7) is 8.04. The van der Waals surface area contributed by atoms with Crippen LogP contribution < -0.4 is 10.1 Å². The van der Waals surface area contributed by atoms with E-state index in [0.717, 1.165) is 17.2 Å². The van der Waals surface area contributed by atoms with Crippen molar-refractivity contribution >= 4 is 41.2 Å². The molecule has 13 heteroatoms. The average molecular weight is 666 g/mol. The minimum atomic E-state index is -1.35. The zero-order valence-electron chi connectivity index (χ0n) is 27.8. The number of carboxylic acids is 1. The minimum Gasteiger partial charge on any atom is -0.496 e. The molecular weight excluding hydrogens is 622 g/mol. The maximum atomic E-state index is 13.8. The van der Waals surface area contributed by atoms with Gasteiger partial charge in [-0.15, -0.1) is 0 Å². The Morgan fingerprint density at radius 2 is 1.88 bits per heavy atom. The Morgan fingerprint density at radius 1 is 1.12 bits per heavy atom. The van der Waals surface area contributed by atoms with Gasteiger partial charge >= 0.3 is 17.9 Å². The molecule has 2 amide bonds. The lowest BCUT2D eigenvalue weighted by molar-refractivity contribution is -0.165. The van der Waals surface area contributed by atoms with Crippen LogP contribution in [0.15, 0.2) is 49.3 Å². The van der Waals surface area contributed by atoms with E-state index < -0.39 is 53.1 Å². The average Bonchev–Trinajstić information content (AvgIpc) is 3.07. The van der Waals surface area contributed by atoms with Gasteiger partial charge < -0.3 is 29.5 Å². The van der Waals surface area contributed by atoms with Gasteiger partial charge in [-0.1, -0.05) is 18.7 Å². The van der Waals surface area contributed by atoms with Crippen LogP contribution in [0.4, 0.5) is 5.69 Å². The fourth-order valence-corrected chi connectivity index (χ4v) is 5.19. The van der Waals surface area contributed by atoms with Crippen molar-refractivity contribution in [3.05, 3.63) is 66.0 Å². The Kier molecular flexibility index (Phi) is 13.4. The summed E-state index contributed by atoms with van der Waals surface area (Å²) in [5.74, 6) is -4.01. The van der Waals surface area contributed by atoms with Gasteiger partial charge in [0.1, 0.15) is 24.5 Å². The van der Waals surface area contributed by atoms with Crippen LogP contribution >= 0.6 is 0 Å². The SMILES string of the molecule is C=CC(=O)OCC(C)(C)C(=O)C(=O)N1CCCC[C@H]1C(=O)O[C@H](CCc1ccc(C)c(OC)c1)c1cncc(NC(=O)CCC(=O)O)c1. The molecule has 3 rings (SSSR count). The summed E-state index contributed by atoms with van der Waals surface area (Å²) in [5, 5.41) is 11.5. The van der Waals surface area contributed by atoms with Crippen molar-refractivity contribution in [2.24, 2.45) is 5.41 Å². The molecule has 48 heavy (non-hydrogen) atoms. The number of nitrogens with one attached hydrogen (secondary N) is 1. The number of esters is 2. The number of anilines is 1. The number of likely N-dealkylation sites (tertiary alicyclic amines) is 1. The van der Waals surface area contributed by atoms with Crippen molar-refractivity contribution in [2.75, 3.05) is 25.6 Å². The van der Waals surface area contributed by atoms with Crippen molar-refractivity contribution in [2.45, 2.75) is 77.9 Å². The fraction of sp³-hybridized carbons (Fsp3) is 0.457. The number of ether oxygens (including phenoxy) is 3. The van der Waals surface area contributed by atoms with Gasteiger partial charge in [0.05, 0.1) is 30.8 Å². The lowest BCUT2D eigenvalue weighted by Gasteiger charge is -2.36. The number of aryl methyl sites for hydroxylation is 2. The highest BCUT2D eigenvalue weighted by molar-refractivity contribution is 6.38. The number of aromatic nitrogens is 1. The zero-order chi connectivity index (χ0) is 35.4. The first-order valence-electron chi connectivity index (χ1n) is 15.7. The molecule has 2 heterocycles. The summed E-state index contributed by atoms with van der Waals surface area (Å²) in [6, 6.07) is 6.32. The van der Waals surface area contributed by atoms with Crippen molar-refractivity contribution in [1.29, 1.82) is 0 Å². The van der Waals surface area contributed by atoms with Crippen LogP contribution in [0, 0.1) is 12.3 Å². The van der Waals surface area contributed by atoms with Gasteiger partial charge in [0.25, 0.3) is 5.91 Å². The first-order chi connectivity index (χ1) is 22.7. The number of aliphatic carboxylic acids is 1. The molecule has 1 aromatic heterocycles. The zero-order valence-corrected chi connectivity index (χ0v) is 27.8. The third kappa shape index (κ3) is 10.5. The number of carbonyl (C=O) groups excluding carboxylic acids is 5.